The van der Waals surface area contributed by atoms with Crippen LogP contribution in [0.25, 0.3) is 0 Å². The van der Waals surface area contributed by atoms with E-state index in [-0.39, 0.29) is 6.54 Å². The lowest BCUT2D eigenvalue weighted by molar-refractivity contribution is 0.334. The summed E-state index contributed by atoms with van der Waals surface area (Å²) in [5.74, 6) is 0.685. The minimum atomic E-state index is -3.67. The highest BCUT2D eigenvalue weighted by Crippen LogP contribution is 2.39. The van der Waals surface area contributed by atoms with Crippen LogP contribution in [0.15, 0.2) is 83.8 Å². The van der Waals surface area contributed by atoms with E-state index in [2.05, 4.69) is 5.32 Å². The van der Waals surface area contributed by atoms with Crippen LogP contribution in [0.4, 0.5) is 5.69 Å². The maximum Gasteiger partial charge on any atom is 0.247 e. The number of methoxy groups -OCH3 is 1. The van der Waals surface area contributed by atoms with Crippen molar-refractivity contribution in [3.63, 3.8) is 0 Å². The van der Waals surface area contributed by atoms with Gasteiger partial charge in [-0.3, -0.25) is 0 Å². The lowest BCUT2D eigenvalue weighted by Crippen LogP contribution is -2.42. The molecule has 0 spiro atoms. The zero-order chi connectivity index (χ0) is 18.9. The van der Waals surface area contributed by atoms with Gasteiger partial charge in [0.1, 0.15) is 16.8 Å². The fraction of sp³-hybridized carbons (Fsp3) is 0.143. The first-order valence-electron chi connectivity index (χ1n) is 8.65. The van der Waals surface area contributed by atoms with E-state index >= 15 is 0 Å². The van der Waals surface area contributed by atoms with Gasteiger partial charge in [-0.2, -0.15) is 4.31 Å². The number of nitrogens with zero attached hydrogens (tertiary/aromatic N) is 1. The van der Waals surface area contributed by atoms with E-state index in [1.807, 2.05) is 60.7 Å². The Morgan fingerprint density at radius 1 is 0.963 bits per heavy atom. The lowest BCUT2D eigenvalue weighted by atomic mass is 10.1. The number of hydrogen-bond acceptors (Lipinski definition) is 4. The monoisotopic (exact) mass is 380 g/mol. The number of fused-ring (bicyclic) bond motifs is 1. The number of anilines is 1. The van der Waals surface area contributed by atoms with Gasteiger partial charge in [-0.05, 0) is 35.4 Å². The molecule has 27 heavy (non-hydrogen) atoms. The summed E-state index contributed by atoms with van der Waals surface area (Å²) < 4.78 is 33.6. The Hall–Kier alpha value is -2.83. The molecule has 3 aromatic rings. The molecule has 1 atom stereocenters. The normalized spacial score (nSPS) is 18.3. The number of ether oxygens (including phenoxy) is 1. The molecule has 1 N–H and O–H groups in total. The molecule has 4 rings (SSSR count). The average Bonchev–Trinajstić information content (AvgIpc) is 2.71. The van der Waals surface area contributed by atoms with Gasteiger partial charge < -0.3 is 10.1 Å². The van der Waals surface area contributed by atoms with Crippen molar-refractivity contribution in [1.82, 2.24) is 4.31 Å². The summed E-state index contributed by atoms with van der Waals surface area (Å²) in [5.41, 5.74) is 2.35. The van der Waals surface area contributed by atoms with E-state index in [0.29, 0.717) is 16.3 Å². The Labute approximate surface area is 159 Å². The summed E-state index contributed by atoms with van der Waals surface area (Å²) in [4.78, 5) is 0.292. The minimum Gasteiger partial charge on any atom is -0.497 e. The van der Waals surface area contributed by atoms with Crippen LogP contribution in [0.3, 0.4) is 0 Å². The number of nitrogens with one attached hydrogen (secondary N) is 1. The second-order valence-electron chi connectivity index (χ2n) is 6.36. The smallest absolute Gasteiger partial charge is 0.247 e. The molecule has 6 heteroatoms. The van der Waals surface area contributed by atoms with Crippen LogP contribution >= 0.6 is 0 Å². The third-order valence-corrected chi connectivity index (χ3v) is 6.51. The highest BCUT2D eigenvalue weighted by molar-refractivity contribution is 7.89. The summed E-state index contributed by atoms with van der Waals surface area (Å²) in [6, 6.07) is 24.1. The summed E-state index contributed by atoms with van der Waals surface area (Å²) in [5, 5.41) is 3.38. The van der Waals surface area contributed by atoms with E-state index in [1.165, 1.54) is 4.31 Å². The van der Waals surface area contributed by atoms with Crippen LogP contribution in [0.5, 0.6) is 5.75 Å². The van der Waals surface area contributed by atoms with Gasteiger partial charge in [-0.15, -0.1) is 0 Å². The van der Waals surface area contributed by atoms with Crippen molar-refractivity contribution in [2.75, 3.05) is 12.4 Å². The number of para-hydroxylation sites is 1. The van der Waals surface area contributed by atoms with E-state index in [9.17, 15) is 8.42 Å². The van der Waals surface area contributed by atoms with Gasteiger partial charge in [0, 0.05) is 6.54 Å². The molecule has 138 valence electrons. The zero-order valence-corrected chi connectivity index (χ0v) is 15.7. The Balaban J connectivity index is 1.84. The minimum absolute atomic E-state index is 0.270. The molecule has 0 radical (unpaired) electrons. The van der Waals surface area contributed by atoms with E-state index in [4.69, 9.17) is 4.74 Å². The summed E-state index contributed by atoms with van der Waals surface area (Å²) >= 11 is 0. The van der Waals surface area contributed by atoms with Crippen molar-refractivity contribution in [2.45, 2.75) is 17.6 Å². The molecule has 0 saturated carbocycles. The van der Waals surface area contributed by atoms with Gasteiger partial charge in [0.25, 0.3) is 0 Å². The van der Waals surface area contributed by atoms with Crippen molar-refractivity contribution in [3.05, 3.63) is 90.0 Å². The zero-order valence-electron chi connectivity index (χ0n) is 14.9. The van der Waals surface area contributed by atoms with Crippen molar-refractivity contribution in [3.8, 4) is 5.75 Å². The number of hydrogen-bond donors (Lipinski definition) is 1. The standard InChI is InChI=1S/C21H20N2O3S/c1-26-18-11-7-10-17(14-18)21-22-19-12-5-6-13-20(19)27(24,25)23(21)15-16-8-3-2-4-9-16/h2-14,21-22H,15H2,1H3/t21-/m0/s1. The largest absolute Gasteiger partial charge is 0.497 e. The molecular formula is C21H20N2O3S. The van der Waals surface area contributed by atoms with Crippen molar-refractivity contribution in [2.24, 2.45) is 0 Å². The molecular weight excluding hydrogens is 360 g/mol. The SMILES string of the molecule is COc1cccc([C@H]2Nc3ccccc3S(=O)(=O)N2Cc2ccccc2)c1. The second kappa shape index (κ2) is 7.06. The molecule has 0 unspecified atom stereocenters. The lowest BCUT2D eigenvalue weighted by Gasteiger charge is -2.37. The van der Waals surface area contributed by atoms with Crippen LogP contribution < -0.4 is 10.1 Å². The molecule has 0 saturated heterocycles. The quantitative estimate of drug-likeness (QED) is 0.743. The molecule has 3 aromatic carbocycles. The first-order chi connectivity index (χ1) is 13.1. The summed E-state index contributed by atoms with van der Waals surface area (Å²) in [6.07, 6.45) is -0.528. The molecule has 5 nitrogen and oxygen atoms in total. The molecule has 0 aromatic heterocycles. The van der Waals surface area contributed by atoms with Gasteiger partial charge in [0.2, 0.25) is 10.0 Å². The average molecular weight is 380 g/mol. The van der Waals surface area contributed by atoms with Gasteiger partial charge >= 0.3 is 0 Å². The Morgan fingerprint density at radius 2 is 1.70 bits per heavy atom. The van der Waals surface area contributed by atoms with Gasteiger partial charge in [-0.25, -0.2) is 8.42 Å². The van der Waals surface area contributed by atoms with Crippen LogP contribution in [0.1, 0.15) is 17.3 Å². The molecule has 0 bridgehead atoms. The number of rotatable bonds is 4. The van der Waals surface area contributed by atoms with Crippen molar-refractivity contribution >= 4 is 15.7 Å². The van der Waals surface area contributed by atoms with E-state index in [0.717, 1.165) is 11.1 Å². The maximum atomic E-state index is 13.4. The Morgan fingerprint density at radius 3 is 2.48 bits per heavy atom. The molecule has 0 aliphatic carbocycles. The van der Waals surface area contributed by atoms with Crippen LogP contribution in [0, 0.1) is 0 Å². The molecule has 0 amide bonds. The Kier molecular flexibility index (Phi) is 4.59. The predicted molar refractivity (Wildman–Crippen MR) is 105 cm³/mol. The molecule has 1 heterocycles. The van der Waals surface area contributed by atoms with Crippen molar-refractivity contribution in [1.29, 1.82) is 0 Å². The van der Waals surface area contributed by atoms with Crippen molar-refractivity contribution < 1.29 is 13.2 Å². The maximum absolute atomic E-state index is 13.4. The fourth-order valence-electron chi connectivity index (χ4n) is 3.30. The third kappa shape index (κ3) is 3.29. The fourth-order valence-corrected chi connectivity index (χ4v) is 4.98. The Bertz CT molecular complexity index is 1050. The van der Waals surface area contributed by atoms with E-state index < -0.39 is 16.2 Å². The first kappa shape index (κ1) is 17.6. The van der Waals surface area contributed by atoms with Crippen LogP contribution in [-0.4, -0.2) is 19.8 Å². The third-order valence-electron chi connectivity index (χ3n) is 4.64. The molecule has 0 fully saturated rings. The second-order valence-corrected chi connectivity index (χ2v) is 8.21. The number of sulfonamides is 1. The summed E-state index contributed by atoms with van der Waals surface area (Å²) in [6.45, 7) is 0.270. The van der Waals surface area contributed by atoms with Gasteiger partial charge in [0.15, 0.2) is 0 Å². The van der Waals surface area contributed by atoms with Crippen LogP contribution in [-0.2, 0) is 16.6 Å². The van der Waals surface area contributed by atoms with Crippen LogP contribution in [0.2, 0.25) is 0 Å². The van der Waals surface area contributed by atoms with Gasteiger partial charge in [0.05, 0.1) is 12.8 Å². The number of benzene rings is 3. The molecule has 1 aliphatic heterocycles. The van der Waals surface area contributed by atoms with Gasteiger partial charge in [-0.1, -0.05) is 54.6 Å². The van der Waals surface area contributed by atoms with E-state index in [1.54, 1.807) is 25.3 Å². The predicted octanol–water partition coefficient (Wildman–Crippen LogP) is 4.01. The summed E-state index contributed by atoms with van der Waals surface area (Å²) in [7, 11) is -2.07. The molecule has 1 aliphatic rings. The highest BCUT2D eigenvalue weighted by Gasteiger charge is 2.38. The first-order valence-corrected chi connectivity index (χ1v) is 10.1. The topological polar surface area (TPSA) is 58.6 Å². The highest BCUT2D eigenvalue weighted by atomic mass is 32.2.